The van der Waals surface area contributed by atoms with Gasteiger partial charge in [0.05, 0.1) is 12.2 Å². The molecule has 2 heterocycles. The van der Waals surface area contributed by atoms with Gasteiger partial charge in [0, 0.05) is 11.7 Å². The van der Waals surface area contributed by atoms with Crippen LogP contribution in [0.3, 0.4) is 0 Å². The number of carbonyl (C=O) groups excluding carboxylic acids is 2. The lowest BCUT2D eigenvalue weighted by Crippen LogP contribution is -2.43. The first-order valence-electron chi connectivity index (χ1n) is 7.79. The summed E-state index contributed by atoms with van der Waals surface area (Å²) in [4.78, 5) is 29.7. The zero-order valence-electron chi connectivity index (χ0n) is 13.8. The van der Waals surface area contributed by atoms with Crippen LogP contribution < -0.4 is 5.32 Å². The summed E-state index contributed by atoms with van der Waals surface area (Å²) in [6.45, 7) is 7.62. The third kappa shape index (κ3) is 3.50. The highest BCUT2D eigenvalue weighted by Gasteiger charge is 2.25. The molecular formula is C16H25N3O3. The minimum absolute atomic E-state index is 0.147. The number of aryl methyl sites for hydroxylation is 1. The molecular weight excluding hydrogens is 282 g/mol. The molecule has 2 rings (SSSR count). The summed E-state index contributed by atoms with van der Waals surface area (Å²) < 4.78 is 5.05. The normalized spacial score (nSPS) is 16.5. The number of piperidine rings is 1. The number of hydrogen-bond acceptors (Lipinski definition) is 4. The summed E-state index contributed by atoms with van der Waals surface area (Å²) in [6.07, 6.45) is 1.90. The molecule has 0 saturated carbocycles. The molecule has 22 heavy (non-hydrogen) atoms. The van der Waals surface area contributed by atoms with Gasteiger partial charge in [-0.1, -0.05) is 0 Å². The van der Waals surface area contributed by atoms with E-state index < -0.39 is 0 Å². The molecule has 1 aromatic heterocycles. The number of rotatable bonds is 4. The first-order valence-corrected chi connectivity index (χ1v) is 7.79. The maximum Gasteiger partial charge on any atom is 0.340 e. The molecule has 1 saturated heterocycles. The Morgan fingerprint density at radius 3 is 2.55 bits per heavy atom. The van der Waals surface area contributed by atoms with Crippen molar-refractivity contribution in [3.63, 3.8) is 0 Å². The molecule has 0 spiro atoms. The molecule has 1 amide bonds. The number of hydrogen-bond donors (Lipinski definition) is 2. The third-order valence-electron chi connectivity index (χ3n) is 4.20. The van der Waals surface area contributed by atoms with Crippen molar-refractivity contribution in [2.24, 2.45) is 0 Å². The zero-order chi connectivity index (χ0) is 16.3. The number of aromatic nitrogens is 1. The number of aromatic amines is 1. The highest BCUT2D eigenvalue weighted by Crippen LogP contribution is 2.19. The van der Waals surface area contributed by atoms with Crippen LogP contribution in [-0.2, 0) is 4.74 Å². The Morgan fingerprint density at radius 1 is 1.32 bits per heavy atom. The molecule has 6 heteroatoms. The van der Waals surface area contributed by atoms with Crippen molar-refractivity contribution in [3.8, 4) is 0 Å². The zero-order valence-corrected chi connectivity index (χ0v) is 13.8. The molecule has 6 nitrogen and oxygen atoms in total. The van der Waals surface area contributed by atoms with Gasteiger partial charge in [0.25, 0.3) is 5.91 Å². The van der Waals surface area contributed by atoms with E-state index in [0.29, 0.717) is 29.1 Å². The van der Waals surface area contributed by atoms with E-state index in [-0.39, 0.29) is 17.9 Å². The molecule has 1 aliphatic heterocycles. The molecule has 1 aromatic rings. The maximum atomic E-state index is 12.5. The first kappa shape index (κ1) is 16.5. The molecule has 0 aliphatic carbocycles. The average molecular weight is 307 g/mol. The van der Waals surface area contributed by atoms with Crippen LogP contribution in [0, 0.1) is 13.8 Å². The summed E-state index contributed by atoms with van der Waals surface area (Å²) in [7, 11) is 2.09. The van der Waals surface area contributed by atoms with Gasteiger partial charge in [0.15, 0.2) is 0 Å². The molecule has 1 aliphatic rings. The summed E-state index contributed by atoms with van der Waals surface area (Å²) in [6, 6.07) is 0.192. The summed E-state index contributed by atoms with van der Waals surface area (Å²) in [5.41, 5.74) is 2.25. The fourth-order valence-corrected chi connectivity index (χ4v) is 2.90. The van der Waals surface area contributed by atoms with E-state index in [9.17, 15) is 9.59 Å². The van der Waals surface area contributed by atoms with Gasteiger partial charge < -0.3 is 19.9 Å². The number of carbonyl (C=O) groups is 2. The Balaban J connectivity index is 2.10. The van der Waals surface area contributed by atoms with Crippen LogP contribution in [0.15, 0.2) is 0 Å². The van der Waals surface area contributed by atoms with Crippen LogP contribution in [0.4, 0.5) is 0 Å². The number of H-pyrrole nitrogens is 1. The number of amides is 1. The van der Waals surface area contributed by atoms with E-state index in [1.165, 1.54) is 0 Å². The van der Waals surface area contributed by atoms with E-state index in [2.05, 4.69) is 22.2 Å². The van der Waals surface area contributed by atoms with E-state index in [4.69, 9.17) is 4.74 Å². The molecule has 1 fully saturated rings. The topological polar surface area (TPSA) is 74.4 Å². The summed E-state index contributed by atoms with van der Waals surface area (Å²) in [5, 5.41) is 3.06. The van der Waals surface area contributed by atoms with Gasteiger partial charge in [0.2, 0.25) is 0 Å². The van der Waals surface area contributed by atoms with Gasteiger partial charge in [-0.25, -0.2) is 4.79 Å². The number of esters is 1. The fourth-order valence-electron chi connectivity index (χ4n) is 2.90. The number of nitrogens with zero attached hydrogens (tertiary/aromatic N) is 1. The monoisotopic (exact) mass is 307 g/mol. The highest BCUT2D eigenvalue weighted by atomic mass is 16.5. The fraction of sp³-hybridized carbons (Fsp3) is 0.625. The van der Waals surface area contributed by atoms with Gasteiger partial charge >= 0.3 is 5.97 Å². The van der Waals surface area contributed by atoms with Crippen LogP contribution in [0.1, 0.15) is 51.9 Å². The van der Waals surface area contributed by atoms with Gasteiger partial charge in [-0.3, -0.25) is 4.79 Å². The Hall–Kier alpha value is -1.82. The molecule has 0 aromatic carbocycles. The number of nitrogens with one attached hydrogen (secondary N) is 2. The van der Waals surface area contributed by atoms with E-state index >= 15 is 0 Å². The largest absolute Gasteiger partial charge is 0.462 e. The molecule has 0 atom stereocenters. The molecule has 0 unspecified atom stereocenters. The molecule has 2 N–H and O–H groups in total. The summed E-state index contributed by atoms with van der Waals surface area (Å²) in [5.74, 6) is -0.530. The molecule has 0 radical (unpaired) electrons. The van der Waals surface area contributed by atoms with Crippen molar-refractivity contribution in [2.45, 2.75) is 39.7 Å². The second-order valence-corrected chi connectivity index (χ2v) is 5.90. The van der Waals surface area contributed by atoms with E-state index in [1.807, 2.05) is 0 Å². The minimum atomic E-state index is -0.382. The quantitative estimate of drug-likeness (QED) is 0.829. The Kier molecular flexibility index (Phi) is 5.24. The van der Waals surface area contributed by atoms with Crippen LogP contribution in [0.2, 0.25) is 0 Å². The van der Waals surface area contributed by atoms with Crippen LogP contribution in [-0.4, -0.2) is 54.5 Å². The number of ether oxygens (including phenoxy) is 1. The molecule has 122 valence electrons. The Bertz CT molecular complexity index is 557. The van der Waals surface area contributed by atoms with Gasteiger partial charge in [-0.05, 0) is 59.3 Å². The van der Waals surface area contributed by atoms with Crippen molar-refractivity contribution in [2.75, 3.05) is 26.7 Å². The van der Waals surface area contributed by atoms with Crippen molar-refractivity contribution in [3.05, 3.63) is 22.5 Å². The van der Waals surface area contributed by atoms with Gasteiger partial charge in [-0.15, -0.1) is 0 Å². The Morgan fingerprint density at radius 2 is 1.95 bits per heavy atom. The lowest BCUT2D eigenvalue weighted by molar-refractivity contribution is 0.0525. The van der Waals surface area contributed by atoms with Gasteiger partial charge in [-0.2, -0.15) is 0 Å². The van der Waals surface area contributed by atoms with Crippen molar-refractivity contribution >= 4 is 11.9 Å². The van der Waals surface area contributed by atoms with E-state index in [0.717, 1.165) is 25.9 Å². The highest BCUT2D eigenvalue weighted by molar-refractivity contribution is 6.00. The SMILES string of the molecule is CCOC(=O)c1c(C)[nH]c(C(=O)NC2CCN(C)CC2)c1C. The van der Waals surface area contributed by atoms with Crippen molar-refractivity contribution < 1.29 is 14.3 Å². The second kappa shape index (κ2) is 6.96. The lowest BCUT2D eigenvalue weighted by atomic mass is 10.0. The van der Waals surface area contributed by atoms with Crippen molar-refractivity contribution in [1.82, 2.24) is 15.2 Å². The van der Waals surface area contributed by atoms with Crippen LogP contribution in [0.5, 0.6) is 0 Å². The van der Waals surface area contributed by atoms with Crippen LogP contribution in [0.25, 0.3) is 0 Å². The van der Waals surface area contributed by atoms with Crippen LogP contribution >= 0.6 is 0 Å². The average Bonchev–Trinajstić information content (AvgIpc) is 2.77. The first-order chi connectivity index (χ1) is 10.4. The van der Waals surface area contributed by atoms with E-state index in [1.54, 1.807) is 20.8 Å². The van der Waals surface area contributed by atoms with Gasteiger partial charge in [0.1, 0.15) is 5.69 Å². The predicted molar refractivity (Wildman–Crippen MR) is 84.2 cm³/mol. The second-order valence-electron chi connectivity index (χ2n) is 5.90. The number of likely N-dealkylation sites (tertiary alicyclic amines) is 1. The minimum Gasteiger partial charge on any atom is -0.462 e. The maximum absolute atomic E-state index is 12.5. The molecule has 0 bridgehead atoms. The standard InChI is InChI=1S/C16H25N3O3/c1-5-22-16(21)13-10(2)14(17-11(13)3)15(20)18-12-6-8-19(4)9-7-12/h12,17H,5-9H2,1-4H3,(H,18,20). The van der Waals surface area contributed by atoms with Crippen molar-refractivity contribution in [1.29, 1.82) is 0 Å². The Labute approximate surface area is 131 Å². The predicted octanol–water partition coefficient (Wildman–Crippen LogP) is 1.63. The summed E-state index contributed by atoms with van der Waals surface area (Å²) >= 11 is 0. The third-order valence-corrected chi connectivity index (χ3v) is 4.20. The lowest BCUT2D eigenvalue weighted by Gasteiger charge is -2.29. The smallest absolute Gasteiger partial charge is 0.340 e.